The molecule has 0 saturated carbocycles. The number of hydrogen-bond acceptors (Lipinski definition) is 2. The van der Waals surface area contributed by atoms with E-state index in [2.05, 4.69) is 0 Å². The SMILES string of the molecule is N#Cc1ccc(C(F)(F)C(O)c2ccc(Cl)cc2)cc1. The summed E-state index contributed by atoms with van der Waals surface area (Å²) in [6, 6.07) is 12.3. The Kier molecular flexibility index (Phi) is 4.03. The van der Waals surface area contributed by atoms with Gasteiger partial charge in [-0.15, -0.1) is 0 Å². The average Bonchev–Trinajstić information content (AvgIpc) is 2.47. The van der Waals surface area contributed by atoms with Crippen molar-refractivity contribution in [3.05, 3.63) is 70.2 Å². The van der Waals surface area contributed by atoms with Gasteiger partial charge in [0.05, 0.1) is 11.6 Å². The third-order valence-corrected chi connectivity index (χ3v) is 3.18. The van der Waals surface area contributed by atoms with E-state index in [0.29, 0.717) is 5.02 Å². The number of nitriles is 1. The number of rotatable bonds is 3. The molecule has 0 fully saturated rings. The van der Waals surface area contributed by atoms with Crippen molar-refractivity contribution in [2.45, 2.75) is 12.0 Å². The highest BCUT2D eigenvalue weighted by molar-refractivity contribution is 6.30. The van der Waals surface area contributed by atoms with E-state index >= 15 is 0 Å². The fourth-order valence-corrected chi connectivity index (χ4v) is 1.91. The summed E-state index contributed by atoms with van der Waals surface area (Å²) in [6.45, 7) is 0. The van der Waals surface area contributed by atoms with Crippen LogP contribution >= 0.6 is 11.6 Å². The minimum Gasteiger partial charge on any atom is -0.382 e. The Bertz CT molecular complexity index is 632. The molecule has 2 rings (SSSR count). The lowest BCUT2D eigenvalue weighted by Crippen LogP contribution is -2.23. The Morgan fingerprint density at radius 3 is 2.10 bits per heavy atom. The molecule has 1 atom stereocenters. The lowest BCUT2D eigenvalue weighted by atomic mass is 9.96. The van der Waals surface area contributed by atoms with Crippen molar-refractivity contribution in [1.29, 1.82) is 5.26 Å². The number of aliphatic hydroxyl groups excluding tert-OH is 1. The van der Waals surface area contributed by atoms with Crippen LogP contribution in [0.4, 0.5) is 8.78 Å². The zero-order valence-corrected chi connectivity index (χ0v) is 11.0. The molecule has 0 saturated heterocycles. The normalized spacial score (nSPS) is 12.8. The Labute approximate surface area is 119 Å². The van der Waals surface area contributed by atoms with Gasteiger partial charge in [0.15, 0.2) is 0 Å². The molecule has 2 nitrogen and oxygen atoms in total. The Morgan fingerprint density at radius 2 is 1.60 bits per heavy atom. The summed E-state index contributed by atoms with van der Waals surface area (Å²) in [5.74, 6) is -3.46. The second kappa shape index (κ2) is 5.58. The molecular weight excluding hydrogens is 284 g/mol. The second-order valence-corrected chi connectivity index (χ2v) is 4.70. The molecule has 0 aliphatic rings. The predicted molar refractivity (Wildman–Crippen MR) is 71.5 cm³/mol. The minimum absolute atomic E-state index is 0.0729. The molecule has 0 spiro atoms. The largest absolute Gasteiger partial charge is 0.382 e. The van der Waals surface area contributed by atoms with Crippen LogP contribution in [0.15, 0.2) is 48.5 Å². The minimum atomic E-state index is -3.46. The molecule has 5 heteroatoms. The highest BCUT2D eigenvalue weighted by Gasteiger charge is 2.41. The van der Waals surface area contributed by atoms with Crippen molar-refractivity contribution in [2.75, 3.05) is 0 Å². The first-order chi connectivity index (χ1) is 9.45. The van der Waals surface area contributed by atoms with Crippen LogP contribution in [0.1, 0.15) is 22.8 Å². The number of halogens is 3. The molecule has 0 heterocycles. The molecule has 2 aromatic rings. The molecule has 0 aliphatic carbocycles. The predicted octanol–water partition coefficient (Wildman–Crippen LogP) is 4.04. The molecule has 0 aliphatic heterocycles. The first-order valence-electron chi connectivity index (χ1n) is 5.77. The van der Waals surface area contributed by atoms with Crippen molar-refractivity contribution >= 4 is 11.6 Å². The molecule has 2 aromatic carbocycles. The standard InChI is InChI=1S/C15H10ClF2NO/c16-13-7-3-11(4-8-13)14(20)15(17,18)12-5-1-10(9-19)2-6-12/h1-8,14,20H. The molecule has 20 heavy (non-hydrogen) atoms. The molecule has 0 amide bonds. The fraction of sp³-hybridized carbons (Fsp3) is 0.133. The molecule has 0 radical (unpaired) electrons. The molecule has 102 valence electrons. The van der Waals surface area contributed by atoms with Gasteiger partial charge < -0.3 is 5.11 Å². The van der Waals surface area contributed by atoms with Gasteiger partial charge in [0.2, 0.25) is 0 Å². The molecule has 1 unspecified atom stereocenters. The monoisotopic (exact) mass is 293 g/mol. The van der Waals surface area contributed by atoms with Gasteiger partial charge in [-0.05, 0) is 29.8 Å². The summed E-state index contributed by atoms with van der Waals surface area (Å²) in [5, 5.41) is 18.9. The van der Waals surface area contributed by atoms with Crippen LogP contribution in [-0.4, -0.2) is 5.11 Å². The van der Waals surface area contributed by atoms with Gasteiger partial charge >= 0.3 is 5.92 Å². The van der Waals surface area contributed by atoms with Gasteiger partial charge in [0.25, 0.3) is 0 Å². The van der Waals surface area contributed by atoms with Crippen LogP contribution in [0.5, 0.6) is 0 Å². The van der Waals surface area contributed by atoms with Crippen LogP contribution < -0.4 is 0 Å². The van der Waals surface area contributed by atoms with E-state index in [9.17, 15) is 13.9 Å². The first kappa shape index (κ1) is 14.4. The van der Waals surface area contributed by atoms with E-state index in [1.807, 2.05) is 6.07 Å². The third kappa shape index (κ3) is 2.79. The number of nitrogens with zero attached hydrogens (tertiary/aromatic N) is 1. The lowest BCUT2D eigenvalue weighted by molar-refractivity contribution is -0.117. The van der Waals surface area contributed by atoms with Crippen molar-refractivity contribution in [2.24, 2.45) is 0 Å². The topological polar surface area (TPSA) is 44.0 Å². The van der Waals surface area contributed by atoms with E-state index in [4.69, 9.17) is 16.9 Å². The summed E-state index contributed by atoms with van der Waals surface area (Å²) in [6.07, 6.45) is -1.98. The Balaban J connectivity index is 2.32. The number of aliphatic hydroxyl groups is 1. The van der Waals surface area contributed by atoms with E-state index in [1.165, 1.54) is 36.4 Å². The highest BCUT2D eigenvalue weighted by Crippen LogP contribution is 2.40. The number of benzene rings is 2. The van der Waals surface area contributed by atoms with Gasteiger partial charge in [-0.25, -0.2) is 0 Å². The molecule has 1 N–H and O–H groups in total. The highest BCUT2D eigenvalue weighted by atomic mass is 35.5. The maximum atomic E-state index is 14.2. The molecule has 0 bridgehead atoms. The van der Waals surface area contributed by atoms with E-state index in [0.717, 1.165) is 12.1 Å². The zero-order chi connectivity index (χ0) is 14.8. The maximum absolute atomic E-state index is 14.2. The van der Waals surface area contributed by atoms with Crippen LogP contribution in [-0.2, 0) is 5.92 Å². The third-order valence-electron chi connectivity index (χ3n) is 2.93. The molecular formula is C15H10ClF2NO. The Morgan fingerprint density at radius 1 is 1.05 bits per heavy atom. The van der Waals surface area contributed by atoms with Crippen molar-refractivity contribution in [3.63, 3.8) is 0 Å². The average molecular weight is 294 g/mol. The van der Waals surface area contributed by atoms with Gasteiger partial charge in [-0.2, -0.15) is 14.0 Å². The van der Waals surface area contributed by atoms with E-state index < -0.39 is 12.0 Å². The van der Waals surface area contributed by atoms with Crippen LogP contribution in [0.2, 0.25) is 5.02 Å². The number of hydrogen-bond donors (Lipinski definition) is 1. The Hall–Kier alpha value is -1.96. The molecule has 0 aromatic heterocycles. The second-order valence-electron chi connectivity index (χ2n) is 4.27. The van der Waals surface area contributed by atoms with Crippen LogP contribution in [0, 0.1) is 11.3 Å². The lowest BCUT2D eigenvalue weighted by Gasteiger charge is -2.23. The summed E-state index contributed by atoms with van der Waals surface area (Å²) in [4.78, 5) is 0. The van der Waals surface area contributed by atoms with Crippen LogP contribution in [0.25, 0.3) is 0 Å². The summed E-state index contributed by atoms with van der Waals surface area (Å²) in [7, 11) is 0. The zero-order valence-electron chi connectivity index (χ0n) is 10.2. The summed E-state index contributed by atoms with van der Waals surface area (Å²) >= 11 is 5.68. The van der Waals surface area contributed by atoms with Gasteiger partial charge in [-0.3, -0.25) is 0 Å². The van der Waals surface area contributed by atoms with Crippen molar-refractivity contribution < 1.29 is 13.9 Å². The quantitative estimate of drug-likeness (QED) is 0.928. The van der Waals surface area contributed by atoms with E-state index in [-0.39, 0.29) is 16.7 Å². The first-order valence-corrected chi connectivity index (χ1v) is 6.15. The number of alkyl halides is 2. The fourth-order valence-electron chi connectivity index (χ4n) is 1.78. The summed E-state index contributed by atoms with van der Waals surface area (Å²) < 4.78 is 28.4. The van der Waals surface area contributed by atoms with Gasteiger partial charge in [-0.1, -0.05) is 35.9 Å². The van der Waals surface area contributed by atoms with Gasteiger partial charge in [0, 0.05) is 10.6 Å². The van der Waals surface area contributed by atoms with E-state index in [1.54, 1.807) is 0 Å². The van der Waals surface area contributed by atoms with Crippen molar-refractivity contribution in [3.8, 4) is 6.07 Å². The maximum Gasteiger partial charge on any atom is 0.302 e. The summed E-state index contributed by atoms with van der Waals surface area (Å²) in [5.41, 5.74) is 0.00763. The smallest absolute Gasteiger partial charge is 0.302 e. The van der Waals surface area contributed by atoms with Crippen LogP contribution in [0.3, 0.4) is 0 Å². The van der Waals surface area contributed by atoms with Crippen molar-refractivity contribution in [1.82, 2.24) is 0 Å². The van der Waals surface area contributed by atoms with Gasteiger partial charge in [0.1, 0.15) is 6.10 Å².